The maximum atomic E-state index is 11.0. The molecule has 1 aromatic carbocycles. The summed E-state index contributed by atoms with van der Waals surface area (Å²) in [5, 5.41) is 11.4. The number of rotatable bonds is 2. The van der Waals surface area contributed by atoms with Gasteiger partial charge in [-0.3, -0.25) is 4.79 Å². The van der Waals surface area contributed by atoms with Crippen molar-refractivity contribution >= 4 is 11.6 Å². The van der Waals surface area contributed by atoms with Gasteiger partial charge in [0.15, 0.2) is 0 Å². The highest BCUT2D eigenvalue weighted by molar-refractivity contribution is 5.90. The number of hydrogen-bond acceptors (Lipinski definition) is 2. The molecule has 0 unspecified atom stereocenters. The van der Waals surface area contributed by atoms with Gasteiger partial charge in [0.2, 0.25) is 5.91 Å². The fraction of sp³-hybridized carbons (Fsp3) is 0.308. The number of nitrogens with one attached hydrogen (secondary N) is 1. The summed E-state index contributed by atoms with van der Waals surface area (Å²) < 4.78 is 0. The van der Waals surface area contributed by atoms with Crippen molar-refractivity contribution in [3.8, 4) is 11.8 Å². The first-order chi connectivity index (χ1) is 7.63. The number of aliphatic hydroxyl groups is 1. The van der Waals surface area contributed by atoms with E-state index in [1.165, 1.54) is 6.92 Å². The second-order valence-corrected chi connectivity index (χ2v) is 3.51. The van der Waals surface area contributed by atoms with Gasteiger partial charge >= 0.3 is 0 Å². The van der Waals surface area contributed by atoms with Gasteiger partial charge in [0.25, 0.3) is 0 Å². The summed E-state index contributed by atoms with van der Waals surface area (Å²) in [5.74, 6) is 5.66. The van der Waals surface area contributed by atoms with Gasteiger partial charge in [0.1, 0.15) is 0 Å². The molecule has 2 N–H and O–H groups in total. The molecule has 0 aliphatic rings. The summed E-state index contributed by atoms with van der Waals surface area (Å²) in [7, 11) is 0. The fourth-order valence-corrected chi connectivity index (χ4v) is 1.27. The number of carbonyl (C=O) groups excluding carboxylic acids is 1. The number of carbonyl (C=O) groups is 1. The van der Waals surface area contributed by atoms with E-state index in [0.717, 1.165) is 11.1 Å². The van der Waals surface area contributed by atoms with Gasteiger partial charge in [0, 0.05) is 18.9 Å². The van der Waals surface area contributed by atoms with Crippen molar-refractivity contribution in [2.75, 3.05) is 11.9 Å². The van der Waals surface area contributed by atoms with Gasteiger partial charge in [-0.2, -0.15) is 0 Å². The highest BCUT2D eigenvalue weighted by atomic mass is 16.2. The number of anilines is 1. The minimum atomic E-state index is -0.117. The number of amides is 1. The lowest BCUT2D eigenvalue weighted by Gasteiger charge is -2.05. The first kappa shape index (κ1) is 12.3. The molecule has 0 saturated heterocycles. The number of aryl methyl sites for hydroxylation is 1. The van der Waals surface area contributed by atoms with Crippen LogP contribution in [0.2, 0.25) is 0 Å². The van der Waals surface area contributed by atoms with Crippen LogP contribution < -0.4 is 5.32 Å². The largest absolute Gasteiger partial charge is 0.395 e. The van der Waals surface area contributed by atoms with Crippen LogP contribution in [0.25, 0.3) is 0 Å². The molecule has 3 nitrogen and oxygen atoms in total. The van der Waals surface area contributed by atoms with E-state index in [0.29, 0.717) is 12.1 Å². The summed E-state index contributed by atoms with van der Waals surface area (Å²) in [4.78, 5) is 11.0. The summed E-state index contributed by atoms with van der Waals surface area (Å²) in [6.07, 6.45) is 0.438. The van der Waals surface area contributed by atoms with Gasteiger partial charge < -0.3 is 10.4 Å². The average molecular weight is 217 g/mol. The third kappa shape index (κ3) is 3.76. The Morgan fingerprint density at radius 3 is 2.88 bits per heavy atom. The quantitative estimate of drug-likeness (QED) is 0.740. The minimum Gasteiger partial charge on any atom is -0.395 e. The van der Waals surface area contributed by atoms with Crippen LogP contribution in [0.15, 0.2) is 18.2 Å². The molecule has 0 aliphatic heterocycles. The van der Waals surface area contributed by atoms with Crippen molar-refractivity contribution in [2.24, 2.45) is 0 Å². The van der Waals surface area contributed by atoms with E-state index in [1.54, 1.807) is 0 Å². The lowest BCUT2D eigenvalue weighted by Crippen LogP contribution is -2.07. The Bertz CT molecular complexity index is 441. The van der Waals surface area contributed by atoms with Crippen molar-refractivity contribution in [1.82, 2.24) is 0 Å². The molecule has 0 atom stereocenters. The maximum Gasteiger partial charge on any atom is 0.221 e. The molecule has 0 spiro atoms. The monoisotopic (exact) mass is 217 g/mol. The van der Waals surface area contributed by atoms with Crippen molar-refractivity contribution in [2.45, 2.75) is 20.3 Å². The molecule has 3 heteroatoms. The van der Waals surface area contributed by atoms with Crippen LogP contribution in [0.4, 0.5) is 5.69 Å². The second-order valence-electron chi connectivity index (χ2n) is 3.51. The molecule has 0 bridgehead atoms. The minimum absolute atomic E-state index is 0.0499. The molecule has 1 rings (SSSR count). The third-order valence-electron chi connectivity index (χ3n) is 1.95. The Labute approximate surface area is 95.5 Å². The molecule has 1 aromatic rings. The Morgan fingerprint density at radius 1 is 1.50 bits per heavy atom. The second kappa shape index (κ2) is 5.94. The molecular weight excluding hydrogens is 202 g/mol. The van der Waals surface area contributed by atoms with E-state index >= 15 is 0 Å². The van der Waals surface area contributed by atoms with Gasteiger partial charge in [-0.15, -0.1) is 0 Å². The lowest BCUT2D eigenvalue weighted by molar-refractivity contribution is -0.114. The highest BCUT2D eigenvalue weighted by Crippen LogP contribution is 2.16. The Balaban J connectivity index is 2.99. The molecule has 1 amide bonds. The van der Waals surface area contributed by atoms with E-state index in [1.807, 2.05) is 25.1 Å². The predicted octanol–water partition coefficient (Wildman–Crippen LogP) is 1.69. The zero-order valence-electron chi connectivity index (χ0n) is 9.50. The van der Waals surface area contributed by atoms with Crippen molar-refractivity contribution in [3.63, 3.8) is 0 Å². The predicted molar refractivity (Wildman–Crippen MR) is 64.1 cm³/mol. The van der Waals surface area contributed by atoms with E-state index < -0.39 is 0 Å². The van der Waals surface area contributed by atoms with Crippen LogP contribution in [-0.4, -0.2) is 17.6 Å². The molecule has 0 saturated carbocycles. The van der Waals surface area contributed by atoms with Gasteiger partial charge in [-0.05, 0) is 24.6 Å². The number of hydrogen-bond donors (Lipinski definition) is 2. The first-order valence-electron chi connectivity index (χ1n) is 5.11. The Morgan fingerprint density at radius 2 is 2.25 bits per heavy atom. The molecule has 16 heavy (non-hydrogen) atoms. The average Bonchev–Trinajstić information content (AvgIpc) is 2.22. The highest BCUT2D eigenvalue weighted by Gasteiger charge is 2.01. The zero-order valence-corrected chi connectivity index (χ0v) is 9.50. The van der Waals surface area contributed by atoms with Crippen molar-refractivity contribution in [3.05, 3.63) is 29.3 Å². The van der Waals surface area contributed by atoms with Gasteiger partial charge in [0.05, 0.1) is 12.3 Å². The zero-order chi connectivity index (χ0) is 12.0. The van der Waals surface area contributed by atoms with Crippen LogP contribution in [-0.2, 0) is 4.79 Å². The number of aliphatic hydroxyl groups excluding tert-OH is 1. The van der Waals surface area contributed by atoms with Crippen LogP contribution in [0.3, 0.4) is 0 Å². The summed E-state index contributed by atoms with van der Waals surface area (Å²) in [5.41, 5.74) is 2.58. The molecule has 0 fully saturated rings. The van der Waals surface area contributed by atoms with Crippen LogP contribution in [0.5, 0.6) is 0 Å². The van der Waals surface area contributed by atoms with Crippen molar-refractivity contribution < 1.29 is 9.90 Å². The molecular formula is C13H15NO2. The topological polar surface area (TPSA) is 49.3 Å². The molecule has 0 heterocycles. The lowest BCUT2D eigenvalue weighted by atomic mass is 10.1. The smallest absolute Gasteiger partial charge is 0.221 e. The first-order valence-corrected chi connectivity index (χ1v) is 5.11. The summed E-state index contributed by atoms with van der Waals surface area (Å²) in [6, 6.07) is 5.66. The van der Waals surface area contributed by atoms with E-state index in [2.05, 4.69) is 17.2 Å². The summed E-state index contributed by atoms with van der Waals surface area (Å²) >= 11 is 0. The van der Waals surface area contributed by atoms with E-state index in [4.69, 9.17) is 5.11 Å². The van der Waals surface area contributed by atoms with Crippen LogP contribution in [0.1, 0.15) is 24.5 Å². The Hall–Kier alpha value is -1.79. The normalized spacial score (nSPS) is 9.19. The summed E-state index contributed by atoms with van der Waals surface area (Å²) in [6.45, 7) is 3.48. The molecule has 84 valence electrons. The van der Waals surface area contributed by atoms with Gasteiger partial charge in [-0.1, -0.05) is 17.9 Å². The van der Waals surface area contributed by atoms with Crippen molar-refractivity contribution in [1.29, 1.82) is 0 Å². The maximum absolute atomic E-state index is 11.0. The Kier molecular flexibility index (Phi) is 4.56. The third-order valence-corrected chi connectivity index (χ3v) is 1.95. The SMILES string of the molecule is CC(=O)Nc1ccc(C)cc1C#CCCO. The fourth-order valence-electron chi connectivity index (χ4n) is 1.27. The molecule has 0 aliphatic carbocycles. The van der Waals surface area contributed by atoms with Crippen LogP contribution in [0, 0.1) is 18.8 Å². The standard InChI is InChI=1S/C13H15NO2/c1-10-6-7-13(14-11(2)16)12(9-10)5-3-4-8-15/h6-7,9,15H,4,8H2,1-2H3,(H,14,16). The van der Waals surface area contributed by atoms with Crippen LogP contribution >= 0.6 is 0 Å². The van der Waals surface area contributed by atoms with E-state index in [-0.39, 0.29) is 12.5 Å². The molecule has 0 radical (unpaired) electrons. The van der Waals surface area contributed by atoms with Gasteiger partial charge in [-0.25, -0.2) is 0 Å². The number of benzene rings is 1. The van der Waals surface area contributed by atoms with E-state index in [9.17, 15) is 4.79 Å². The molecule has 0 aromatic heterocycles.